The monoisotopic (exact) mass is 1820 g/mol. The predicted molar refractivity (Wildman–Crippen MR) is 470 cm³/mol. The number of hydrogen-bond donors (Lipinski definition) is 3. The molecule has 0 unspecified atom stereocenters. The normalized spacial score (nSPS) is 10.8. The van der Waals surface area contributed by atoms with Gasteiger partial charge in [-0.15, -0.1) is 39.1 Å². The summed E-state index contributed by atoms with van der Waals surface area (Å²) in [6.45, 7) is 4.22. The van der Waals surface area contributed by atoms with Crippen molar-refractivity contribution in [3.8, 4) is 21.1 Å². The van der Waals surface area contributed by atoms with Crippen LogP contribution in [-0.2, 0) is 15.9 Å². The summed E-state index contributed by atoms with van der Waals surface area (Å²) in [7, 11) is 7.35. The van der Waals surface area contributed by atoms with Crippen LogP contribution in [-0.4, -0.2) is 75.9 Å². The summed E-state index contributed by atoms with van der Waals surface area (Å²) in [5.41, 5.74) is 7.88. The van der Waals surface area contributed by atoms with E-state index in [0.29, 0.717) is 15.1 Å². The van der Waals surface area contributed by atoms with Crippen LogP contribution < -0.4 is 41.9 Å². The Morgan fingerprint density at radius 3 is 1.15 bits per heavy atom. The number of rotatable bonds is 11. The average Bonchev–Trinajstić information content (AvgIpc) is 1.62. The third kappa shape index (κ3) is 20.5. The molecule has 0 radical (unpaired) electrons. The molecule has 0 atom stereocenters. The summed E-state index contributed by atoms with van der Waals surface area (Å²) >= 11 is 18.2. The first-order valence-electron chi connectivity index (χ1n) is 33.8. The van der Waals surface area contributed by atoms with E-state index in [9.17, 15) is 0 Å². The number of pyridine rings is 3. The summed E-state index contributed by atoms with van der Waals surface area (Å²) in [6.07, 6.45) is 10.7. The Hall–Kier alpha value is -9.07. The van der Waals surface area contributed by atoms with E-state index in [4.69, 9.17) is 57.4 Å². The van der Waals surface area contributed by atoms with Gasteiger partial charge in [-0.05, 0) is 180 Å². The zero-order valence-electron chi connectivity index (χ0n) is 58.3. The van der Waals surface area contributed by atoms with Crippen LogP contribution in [0.15, 0.2) is 328 Å². The number of imidazole rings is 3. The molecule has 19 rings (SSSR count). The van der Waals surface area contributed by atoms with Crippen LogP contribution in [0.5, 0.6) is 0 Å². The Morgan fingerprint density at radius 1 is 0.391 bits per heavy atom. The Bertz CT molecular complexity index is 5740. The van der Waals surface area contributed by atoms with Gasteiger partial charge in [0.2, 0.25) is 0 Å². The molecule has 0 fully saturated rings. The molecule has 3 N–H and O–H groups in total. The van der Waals surface area contributed by atoms with Crippen LogP contribution in [0.25, 0.3) is 68.7 Å². The fourth-order valence-electron chi connectivity index (χ4n) is 11.3. The van der Waals surface area contributed by atoms with E-state index >= 15 is 0 Å². The maximum Gasteiger partial charge on any atom is -0.0134 e. The second-order valence-corrected chi connectivity index (χ2v) is 35.6. The van der Waals surface area contributed by atoms with Crippen molar-refractivity contribution in [1.29, 1.82) is 0 Å². The first-order chi connectivity index (χ1) is 53.8. The largest absolute Gasteiger partial charge is 0.0622 e. The molecule has 7 aromatic carbocycles. The Morgan fingerprint density at radius 2 is 0.755 bits per heavy atom. The molecule has 0 saturated carbocycles. The molecule has 0 aliphatic rings. The topological polar surface area (TPSA) is 182 Å². The summed E-state index contributed by atoms with van der Waals surface area (Å²) in [6, 6.07) is 99.7. The van der Waals surface area contributed by atoms with E-state index in [-0.39, 0.29) is 15.9 Å². The third-order valence-corrected chi connectivity index (χ3v) is 25.8. The first-order valence-corrected chi connectivity index (χ1v) is 44.8. The van der Waals surface area contributed by atoms with E-state index < -0.39 is 23.0 Å². The van der Waals surface area contributed by atoms with E-state index in [1.807, 2.05) is 77.7 Å². The van der Waals surface area contributed by atoms with E-state index in [2.05, 4.69) is 300 Å². The number of aromatic nitrogens is 12. The maximum atomic E-state index is 8.86. The van der Waals surface area contributed by atoms with Gasteiger partial charge in [0.25, 0.3) is 0 Å². The van der Waals surface area contributed by atoms with Crippen molar-refractivity contribution >= 4 is 218 Å². The molecule has 15 nitrogen and oxygen atoms in total. The van der Waals surface area contributed by atoms with Gasteiger partial charge in [0.05, 0.1) is 28.3 Å². The zero-order valence-corrected chi connectivity index (χ0v) is 69.3. The second kappa shape index (κ2) is 39.2. The number of hydrogen-bond acceptors (Lipinski definition) is 15. The average molecular weight is 1820 g/mol. The summed E-state index contributed by atoms with van der Waals surface area (Å²) in [5.74, 6) is 0.782. The maximum absolute atomic E-state index is 8.86. The molecule has 12 heterocycles. The molecule has 0 bridgehead atoms. The van der Waals surface area contributed by atoms with Crippen molar-refractivity contribution in [2.24, 2.45) is 0 Å². The number of nitrogens with one attached hydrogen (secondary N) is 1. The van der Waals surface area contributed by atoms with Crippen molar-refractivity contribution < 1.29 is 26.0 Å². The minimum Gasteiger partial charge on any atom is -0.0622 e. The molecule has 27 heteroatoms. The molecule has 12 aromatic heterocycles. The van der Waals surface area contributed by atoms with Gasteiger partial charge in [-0.1, -0.05) is 229 Å². The van der Waals surface area contributed by atoms with Gasteiger partial charge in [-0.25, -0.2) is 43.5 Å². The van der Waals surface area contributed by atoms with Crippen molar-refractivity contribution in [2.45, 2.75) is 13.8 Å². The molecule has 0 aliphatic carbocycles. The van der Waals surface area contributed by atoms with Crippen molar-refractivity contribution in [2.75, 3.05) is 5.32 Å². The molecule has 110 heavy (non-hydrogen) atoms. The summed E-state index contributed by atoms with van der Waals surface area (Å²) < 4.78 is 6.83. The number of fused-ring (bicyclic) bond motifs is 6. The SMILES string of the molecule is Cc1ccc(Nc2ccc3ncc(-c4cc5cccnc5s4)n3n2)cc1C.Clc1ccc2ncc(-c3cc4cccnc4s3)n2n1.Clc1ccc2ncc(I)n2n1.OB(O)c1cc2cccnc2s1.[Cl][Pd][Cl].c1ccc(P(c2ccccc2)c2ccccc2)cc1.c1ccc(P(c2ccccc2)c2ccccc2)cc1. The molecule has 548 valence electrons. The zero-order chi connectivity index (χ0) is 76.1. The third-order valence-electron chi connectivity index (χ3n) is 16.5. The number of anilines is 2. The summed E-state index contributed by atoms with van der Waals surface area (Å²) in [4.78, 5) is 30.8. The fourth-order valence-corrected chi connectivity index (χ4v) is 19.5. The molecule has 19 aromatic rings. The Kier molecular flexibility index (Phi) is 28.2. The molecule has 0 aliphatic heterocycles. The molecule has 0 saturated heterocycles. The number of nitrogens with zero attached hydrogens (tertiary/aromatic N) is 12. The van der Waals surface area contributed by atoms with E-state index in [0.717, 1.165) is 83.9 Å². The standard InChI is InChI=1S/C21H17N5S.2C18H15P.C13H7ClN4S.C7H6BNO2S.C6H3ClIN3.2ClH.Pd/c1-13-5-6-16(10-14(13)2)24-19-7-8-20-23-12-17(26(20)25-19)18-11-15-4-3-9-22-21(15)27-18;2*1-4-10-16(11-5-1)19(17-12-6-2-7-13-17)18-14-8-3-9-15-18;14-11-3-4-12-16-7-9(18(12)17-11)10-6-8-2-1-5-15-13(8)19-10;10-8(11)6-4-5-2-1-3-9-7(5)12-6;7-4-1-2-6-9-3-5(8)11(6)10-4;;;/h3-12H,1-2H3,(H,24,25);2*1-15H;1-7H;1-4,10-11H;1-3H;2*1H;/q;;;;;;;;+2/p-2. The van der Waals surface area contributed by atoms with Gasteiger partial charge in [0, 0.05) is 45.2 Å². The molecular weight excluding hydrogens is 1760 g/mol. The van der Waals surface area contributed by atoms with Crippen molar-refractivity contribution in [1.82, 2.24) is 58.7 Å². The predicted octanol–water partition coefficient (Wildman–Crippen LogP) is 19.3. The summed E-state index contributed by atoms with van der Waals surface area (Å²) in [5, 5.41) is 46.7. The van der Waals surface area contributed by atoms with E-state index in [1.165, 1.54) is 54.3 Å². The second-order valence-electron chi connectivity index (χ2n) is 23.8. The van der Waals surface area contributed by atoms with Gasteiger partial charge in [0.1, 0.15) is 39.9 Å². The molecule has 0 spiro atoms. The fraction of sp³-hybridized carbons (Fsp3) is 0.0241. The Balaban J connectivity index is 0.000000118. The van der Waals surface area contributed by atoms with Crippen LogP contribution in [0.1, 0.15) is 11.1 Å². The van der Waals surface area contributed by atoms with Gasteiger partial charge < -0.3 is 15.4 Å². The van der Waals surface area contributed by atoms with Crippen molar-refractivity contribution in [3.63, 3.8) is 0 Å². The van der Waals surface area contributed by atoms with Crippen LogP contribution in [0.3, 0.4) is 0 Å². The number of thiophene rings is 3. The minimum absolute atomic E-state index is 0.106. The minimum atomic E-state index is -1.39. The van der Waals surface area contributed by atoms with Crippen LogP contribution in [0, 0.1) is 17.5 Å². The van der Waals surface area contributed by atoms with Crippen molar-refractivity contribution in [3.05, 3.63) is 354 Å². The van der Waals surface area contributed by atoms with Crippen LogP contribution >= 0.6 is 115 Å². The van der Waals surface area contributed by atoms with Gasteiger partial charge in [-0.2, -0.15) is 10.2 Å². The van der Waals surface area contributed by atoms with E-state index in [1.54, 1.807) is 68.5 Å². The number of halogens is 5. The van der Waals surface area contributed by atoms with Crippen LogP contribution in [0.4, 0.5) is 11.5 Å². The van der Waals surface area contributed by atoms with Gasteiger partial charge in [-0.3, -0.25) is 0 Å². The smallest absolute Gasteiger partial charge is 0.0134 e. The number of aryl methyl sites for hydroxylation is 2. The van der Waals surface area contributed by atoms with Gasteiger partial charge >= 0.3 is 42.1 Å². The van der Waals surface area contributed by atoms with Gasteiger partial charge in [0.15, 0.2) is 22.8 Å². The molecular formula is C83H63BCl4IN13O2P2PdS3. The number of benzene rings is 7. The quantitative estimate of drug-likeness (QED) is 0.0634. The molecule has 0 amide bonds. The Labute approximate surface area is 689 Å². The first kappa shape index (κ1) is 79.0. The van der Waals surface area contributed by atoms with Crippen LogP contribution in [0.2, 0.25) is 10.3 Å².